The summed E-state index contributed by atoms with van der Waals surface area (Å²) in [5.74, 6) is -0.0280. The van der Waals surface area contributed by atoms with Gasteiger partial charge < -0.3 is 16.4 Å². The van der Waals surface area contributed by atoms with Crippen molar-refractivity contribution in [3.8, 4) is 0 Å². The third-order valence-corrected chi connectivity index (χ3v) is 3.56. The SMILES string of the molecule is CC(C)(C(=O)NCCC(N)=O)C1CCCNC1. The van der Waals surface area contributed by atoms with Gasteiger partial charge in [-0.1, -0.05) is 13.8 Å². The van der Waals surface area contributed by atoms with Gasteiger partial charge in [0.05, 0.1) is 0 Å². The molecule has 1 aliphatic heterocycles. The Morgan fingerprint density at radius 2 is 2.18 bits per heavy atom. The van der Waals surface area contributed by atoms with Crippen LogP contribution in [0.25, 0.3) is 0 Å². The highest BCUT2D eigenvalue weighted by atomic mass is 16.2. The van der Waals surface area contributed by atoms with Crippen molar-refractivity contribution in [3.05, 3.63) is 0 Å². The first-order valence-corrected chi connectivity index (χ1v) is 6.22. The first kappa shape index (κ1) is 14.0. The quantitative estimate of drug-likeness (QED) is 0.633. The molecule has 5 nitrogen and oxygen atoms in total. The second kappa shape index (κ2) is 6.00. The first-order valence-electron chi connectivity index (χ1n) is 6.22. The lowest BCUT2D eigenvalue weighted by Gasteiger charge is -2.36. The van der Waals surface area contributed by atoms with E-state index >= 15 is 0 Å². The molecular formula is C12H23N3O2. The predicted octanol–water partition coefficient (Wildman–Crippen LogP) is 0.00380. The van der Waals surface area contributed by atoms with Gasteiger partial charge in [-0.3, -0.25) is 9.59 Å². The number of nitrogens with two attached hydrogens (primary N) is 1. The minimum Gasteiger partial charge on any atom is -0.370 e. The van der Waals surface area contributed by atoms with Crippen LogP contribution >= 0.6 is 0 Å². The molecule has 0 aliphatic carbocycles. The van der Waals surface area contributed by atoms with E-state index in [0.717, 1.165) is 25.9 Å². The molecule has 17 heavy (non-hydrogen) atoms. The summed E-state index contributed by atoms with van der Waals surface area (Å²) in [6, 6.07) is 0. The maximum atomic E-state index is 12.1. The zero-order chi connectivity index (χ0) is 12.9. The molecule has 0 aromatic rings. The van der Waals surface area contributed by atoms with Crippen molar-refractivity contribution >= 4 is 11.8 Å². The van der Waals surface area contributed by atoms with Gasteiger partial charge >= 0.3 is 0 Å². The van der Waals surface area contributed by atoms with Crippen LogP contribution in [0.1, 0.15) is 33.1 Å². The van der Waals surface area contributed by atoms with Gasteiger partial charge in [-0.2, -0.15) is 0 Å². The van der Waals surface area contributed by atoms with Crippen LogP contribution in [0.2, 0.25) is 0 Å². The summed E-state index contributed by atoms with van der Waals surface area (Å²) in [5.41, 5.74) is 4.63. The van der Waals surface area contributed by atoms with E-state index < -0.39 is 5.41 Å². The molecule has 2 amide bonds. The lowest BCUT2D eigenvalue weighted by atomic mass is 9.74. The van der Waals surface area contributed by atoms with Crippen molar-refractivity contribution in [1.82, 2.24) is 10.6 Å². The van der Waals surface area contributed by atoms with Crippen LogP contribution in [0.4, 0.5) is 0 Å². The van der Waals surface area contributed by atoms with Crippen LogP contribution in [-0.4, -0.2) is 31.4 Å². The van der Waals surface area contributed by atoms with Crippen LogP contribution in [-0.2, 0) is 9.59 Å². The van der Waals surface area contributed by atoms with Crippen LogP contribution in [0.15, 0.2) is 0 Å². The molecule has 0 saturated carbocycles. The Hall–Kier alpha value is -1.10. The Morgan fingerprint density at radius 3 is 2.71 bits per heavy atom. The number of primary amides is 1. The highest BCUT2D eigenvalue weighted by Gasteiger charge is 2.36. The first-order chi connectivity index (χ1) is 7.94. The monoisotopic (exact) mass is 241 g/mol. The van der Waals surface area contributed by atoms with Crippen molar-refractivity contribution in [3.63, 3.8) is 0 Å². The van der Waals surface area contributed by atoms with Crippen molar-refractivity contribution in [1.29, 1.82) is 0 Å². The summed E-state index contributed by atoms with van der Waals surface area (Å²) in [6.07, 6.45) is 2.39. The van der Waals surface area contributed by atoms with E-state index in [1.165, 1.54) is 0 Å². The van der Waals surface area contributed by atoms with Crippen LogP contribution in [0.3, 0.4) is 0 Å². The number of rotatable bonds is 5. The number of carbonyl (C=O) groups excluding carboxylic acids is 2. The lowest BCUT2D eigenvalue weighted by Crippen LogP contribution is -2.47. The highest BCUT2D eigenvalue weighted by Crippen LogP contribution is 2.31. The summed E-state index contributed by atoms with van der Waals surface area (Å²) in [4.78, 5) is 22.6. The molecule has 1 aliphatic rings. The van der Waals surface area contributed by atoms with Crippen molar-refractivity contribution in [2.45, 2.75) is 33.1 Å². The topological polar surface area (TPSA) is 84.2 Å². The van der Waals surface area contributed by atoms with Gasteiger partial charge in [0.2, 0.25) is 11.8 Å². The van der Waals surface area contributed by atoms with Gasteiger partial charge in [0.1, 0.15) is 0 Å². The molecule has 0 radical (unpaired) electrons. The number of amides is 2. The average molecular weight is 241 g/mol. The molecule has 1 atom stereocenters. The molecular weight excluding hydrogens is 218 g/mol. The molecule has 98 valence electrons. The fraction of sp³-hybridized carbons (Fsp3) is 0.833. The molecule has 1 rings (SSSR count). The average Bonchev–Trinajstić information content (AvgIpc) is 2.29. The van der Waals surface area contributed by atoms with E-state index in [9.17, 15) is 9.59 Å². The Labute approximate surface area is 103 Å². The highest BCUT2D eigenvalue weighted by molar-refractivity contribution is 5.83. The van der Waals surface area contributed by atoms with Crippen molar-refractivity contribution in [2.75, 3.05) is 19.6 Å². The van der Waals surface area contributed by atoms with E-state index in [2.05, 4.69) is 10.6 Å². The van der Waals surface area contributed by atoms with Gasteiger partial charge in [-0.15, -0.1) is 0 Å². The standard InChI is InChI=1S/C12H23N3O2/c1-12(2,9-4-3-6-14-8-9)11(17)15-7-5-10(13)16/h9,14H,3-8H2,1-2H3,(H2,13,16)(H,15,17). The van der Waals surface area contributed by atoms with E-state index in [1.54, 1.807) is 0 Å². The molecule has 0 spiro atoms. The van der Waals surface area contributed by atoms with Gasteiger partial charge in [0.25, 0.3) is 0 Å². The van der Waals surface area contributed by atoms with Crippen molar-refractivity contribution in [2.24, 2.45) is 17.1 Å². The molecule has 1 saturated heterocycles. The minimum atomic E-state index is -0.398. The Morgan fingerprint density at radius 1 is 1.47 bits per heavy atom. The third-order valence-electron chi connectivity index (χ3n) is 3.56. The third kappa shape index (κ3) is 4.00. The Balaban J connectivity index is 2.44. The summed E-state index contributed by atoms with van der Waals surface area (Å²) < 4.78 is 0. The normalized spacial score (nSPS) is 20.9. The summed E-state index contributed by atoms with van der Waals surface area (Å²) >= 11 is 0. The largest absolute Gasteiger partial charge is 0.370 e. The Kier molecular flexibility index (Phi) is 4.93. The van der Waals surface area contributed by atoms with Crippen LogP contribution in [0.5, 0.6) is 0 Å². The second-order valence-electron chi connectivity index (χ2n) is 5.24. The van der Waals surface area contributed by atoms with E-state index in [4.69, 9.17) is 5.73 Å². The Bertz CT molecular complexity index is 283. The number of piperidine rings is 1. The zero-order valence-electron chi connectivity index (χ0n) is 10.7. The van der Waals surface area contributed by atoms with E-state index in [-0.39, 0.29) is 18.2 Å². The number of hydrogen-bond donors (Lipinski definition) is 3. The molecule has 1 unspecified atom stereocenters. The summed E-state index contributed by atoms with van der Waals surface area (Å²) in [5, 5.41) is 6.10. The maximum absolute atomic E-state index is 12.1. The molecule has 4 N–H and O–H groups in total. The van der Waals surface area contributed by atoms with E-state index in [0.29, 0.717) is 12.5 Å². The maximum Gasteiger partial charge on any atom is 0.225 e. The molecule has 1 heterocycles. The van der Waals surface area contributed by atoms with Crippen LogP contribution < -0.4 is 16.4 Å². The van der Waals surface area contributed by atoms with E-state index in [1.807, 2.05) is 13.8 Å². The smallest absolute Gasteiger partial charge is 0.225 e. The molecule has 0 aromatic heterocycles. The predicted molar refractivity (Wildman–Crippen MR) is 66.2 cm³/mol. The van der Waals surface area contributed by atoms with Gasteiger partial charge in [0, 0.05) is 18.4 Å². The lowest BCUT2D eigenvalue weighted by molar-refractivity contribution is -0.132. The second-order valence-corrected chi connectivity index (χ2v) is 5.24. The summed E-state index contributed by atoms with van der Waals surface area (Å²) in [6.45, 7) is 6.18. The molecule has 1 fully saturated rings. The number of carbonyl (C=O) groups is 2. The number of hydrogen-bond acceptors (Lipinski definition) is 3. The molecule has 0 aromatic carbocycles. The van der Waals surface area contributed by atoms with Crippen LogP contribution in [0, 0.1) is 11.3 Å². The molecule has 5 heteroatoms. The number of nitrogens with one attached hydrogen (secondary N) is 2. The van der Waals surface area contributed by atoms with Gasteiger partial charge in [0.15, 0.2) is 0 Å². The zero-order valence-corrected chi connectivity index (χ0v) is 10.7. The van der Waals surface area contributed by atoms with Crippen molar-refractivity contribution < 1.29 is 9.59 Å². The fourth-order valence-corrected chi connectivity index (χ4v) is 2.18. The minimum absolute atomic E-state index is 0.00690. The summed E-state index contributed by atoms with van der Waals surface area (Å²) in [7, 11) is 0. The van der Waals surface area contributed by atoms with Gasteiger partial charge in [-0.25, -0.2) is 0 Å². The molecule has 0 bridgehead atoms. The van der Waals surface area contributed by atoms with Gasteiger partial charge in [-0.05, 0) is 31.8 Å². The fourth-order valence-electron chi connectivity index (χ4n) is 2.18.